The van der Waals surface area contributed by atoms with Crippen LogP contribution in [0.4, 0.5) is 5.69 Å². The van der Waals surface area contributed by atoms with E-state index in [-0.39, 0.29) is 11.9 Å². The Hall–Kier alpha value is -2.37. The Morgan fingerprint density at radius 3 is 2.76 bits per heavy atom. The van der Waals surface area contributed by atoms with Crippen LogP contribution in [-0.2, 0) is 4.79 Å². The number of carbonyl (C=O) groups is 1. The Kier molecular flexibility index (Phi) is 4.92. The third-order valence-corrected chi connectivity index (χ3v) is 3.68. The van der Waals surface area contributed by atoms with E-state index in [0.717, 1.165) is 12.8 Å². The summed E-state index contributed by atoms with van der Waals surface area (Å²) in [4.78, 5) is 14.4. The van der Waals surface area contributed by atoms with E-state index in [1.165, 1.54) is 0 Å². The maximum atomic E-state index is 12.4. The lowest BCUT2D eigenvalue weighted by Crippen LogP contribution is -2.43. The van der Waals surface area contributed by atoms with Crippen molar-refractivity contribution in [2.75, 3.05) is 11.9 Å². The average Bonchev–Trinajstić information content (AvgIpc) is 3.32. The molecule has 0 radical (unpaired) electrons. The fourth-order valence-corrected chi connectivity index (χ4v) is 2.36. The van der Waals surface area contributed by atoms with E-state index in [4.69, 9.17) is 10.5 Å². The first kappa shape index (κ1) is 15.0. The third-order valence-electron chi connectivity index (χ3n) is 3.68. The molecule has 1 N–H and O–H groups in total. The first-order valence-electron chi connectivity index (χ1n) is 7.10. The zero-order chi connectivity index (χ0) is 15.2. The summed E-state index contributed by atoms with van der Waals surface area (Å²) in [6.07, 6.45) is 2.58. The van der Waals surface area contributed by atoms with Crippen LogP contribution in [0.1, 0.15) is 31.7 Å². The van der Waals surface area contributed by atoms with Crippen molar-refractivity contribution in [1.29, 1.82) is 10.5 Å². The molecular weight excluding hydrogens is 264 g/mol. The molecule has 21 heavy (non-hydrogen) atoms. The number of carbonyl (C=O) groups excluding carboxylic acids is 1. The second kappa shape index (κ2) is 6.88. The normalized spacial score (nSPS) is 15.0. The van der Waals surface area contributed by atoms with Gasteiger partial charge in [0.05, 0.1) is 23.4 Å². The molecular formula is C16H18N4O. The van der Waals surface area contributed by atoms with Crippen molar-refractivity contribution < 1.29 is 4.79 Å². The molecule has 1 aromatic carbocycles. The molecule has 0 bridgehead atoms. The van der Waals surface area contributed by atoms with E-state index in [2.05, 4.69) is 22.4 Å². The number of anilines is 1. The van der Waals surface area contributed by atoms with Gasteiger partial charge in [-0.3, -0.25) is 9.69 Å². The SMILES string of the molecule is CC(C(=O)Nc1ccccc1C#N)N(CCC#N)C1CC1. The Morgan fingerprint density at radius 1 is 1.43 bits per heavy atom. The predicted molar refractivity (Wildman–Crippen MR) is 79.2 cm³/mol. The van der Waals surface area contributed by atoms with Crippen LogP contribution >= 0.6 is 0 Å². The number of amides is 1. The minimum Gasteiger partial charge on any atom is -0.324 e. The number of hydrogen-bond acceptors (Lipinski definition) is 4. The van der Waals surface area contributed by atoms with Gasteiger partial charge in [0.25, 0.3) is 0 Å². The molecule has 1 saturated carbocycles. The highest BCUT2D eigenvalue weighted by molar-refractivity contribution is 5.95. The molecule has 0 aromatic heterocycles. The minimum atomic E-state index is -0.308. The van der Waals surface area contributed by atoms with E-state index in [9.17, 15) is 4.79 Å². The van der Waals surface area contributed by atoms with Crippen molar-refractivity contribution in [2.24, 2.45) is 0 Å². The summed E-state index contributed by atoms with van der Waals surface area (Å²) in [7, 11) is 0. The molecule has 0 heterocycles. The highest BCUT2D eigenvalue weighted by Crippen LogP contribution is 2.29. The first-order valence-corrected chi connectivity index (χ1v) is 7.10. The van der Waals surface area contributed by atoms with Gasteiger partial charge in [0.2, 0.25) is 5.91 Å². The minimum absolute atomic E-state index is 0.137. The van der Waals surface area contributed by atoms with Crippen LogP contribution in [0.2, 0.25) is 0 Å². The summed E-state index contributed by atoms with van der Waals surface area (Å²) < 4.78 is 0. The zero-order valence-electron chi connectivity index (χ0n) is 12.0. The smallest absolute Gasteiger partial charge is 0.241 e. The lowest BCUT2D eigenvalue weighted by Gasteiger charge is -2.27. The van der Waals surface area contributed by atoms with Gasteiger partial charge in [-0.1, -0.05) is 12.1 Å². The second-order valence-corrected chi connectivity index (χ2v) is 5.20. The van der Waals surface area contributed by atoms with Crippen molar-refractivity contribution in [1.82, 2.24) is 4.90 Å². The Morgan fingerprint density at radius 2 is 2.14 bits per heavy atom. The van der Waals surface area contributed by atoms with Gasteiger partial charge in [-0.05, 0) is 31.9 Å². The van der Waals surface area contributed by atoms with E-state index < -0.39 is 0 Å². The lowest BCUT2D eigenvalue weighted by atomic mass is 10.1. The Bertz CT molecular complexity index is 595. The van der Waals surface area contributed by atoms with Gasteiger partial charge >= 0.3 is 0 Å². The van der Waals surface area contributed by atoms with Crippen molar-refractivity contribution in [3.05, 3.63) is 29.8 Å². The van der Waals surface area contributed by atoms with Gasteiger partial charge in [0.15, 0.2) is 0 Å². The first-order chi connectivity index (χ1) is 10.2. The third kappa shape index (κ3) is 3.81. The van der Waals surface area contributed by atoms with Crippen LogP contribution in [0, 0.1) is 22.7 Å². The highest BCUT2D eigenvalue weighted by Gasteiger charge is 2.34. The van der Waals surface area contributed by atoms with Crippen LogP contribution in [0.15, 0.2) is 24.3 Å². The van der Waals surface area contributed by atoms with Crippen LogP contribution in [0.25, 0.3) is 0 Å². The van der Waals surface area contributed by atoms with Crippen LogP contribution < -0.4 is 5.32 Å². The molecule has 0 aliphatic heterocycles. The Balaban J connectivity index is 2.04. The predicted octanol–water partition coefficient (Wildman–Crippen LogP) is 2.26. The maximum absolute atomic E-state index is 12.4. The summed E-state index contributed by atoms with van der Waals surface area (Å²) in [6, 6.07) is 11.2. The van der Waals surface area contributed by atoms with Crippen molar-refractivity contribution in [3.8, 4) is 12.1 Å². The van der Waals surface area contributed by atoms with Gasteiger partial charge in [0, 0.05) is 19.0 Å². The summed E-state index contributed by atoms with van der Waals surface area (Å²) in [6.45, 7) is 2.45. The number of rotatable bonds is 6. The van der Waals surface area contributed by atoms with Gasteiger partial charge in [0.1, 0.15) is 6.07 Å². The topological polar surface area (TPSA) is 79.9 Å². The molecule has 0 spiro atoms. The Labute approximate surface area is 124 Å². The number of nitrogens with one attached hydrogen (secondary N) is 1. The fourth-order valence-electron chi connectivity index (χ4n) is 2.36. The van der Waals surface area contributed by atoms with Crippen LogP contribution in [-0.4, -0.2) is 29.4 Å². The second-order valence-electron chi connectivity index (χ2n) is 5.20. The summed E-state index contributed by atoms with van der Waals surface area (Å²) in [5.41, 5.74) is 0.987. The van der Waals surface area contributed by atoms with Crippen molar-refractivity contribution in [2.45, 2.75) is 38.3 Å². The van der Waals surface area contributed by atoms with Gasteiger partial charge in [-0.2, -0.15) is 10.5 Å². The van der Waals surface area contributed by atoms with E-state index >= 15 is 0 Å². The maximum Gasteiger partial charge on any atom is 0.241 e. The molecule has 1 fully saturated rings. The van der Waals surface area contributed by atoms with Crippen molar-refractivity contribution in [3.63, 3.8) is 0 Å². The standard InChI is InChI=1S/C16H18N4O/c1-12(20(10-4-9-17)14-7-8-14)16(21)19-15-6-3-2-5-13(15)11-18/h2-3,5-6,12,14H,4,7-8,10H2,1H3,(H,19,21). The van der Waals surface area contributed by atoms with Gasteiger partial charge in [-0.15, -0.1) is 0 Å². The van der Waals surface area contributed by atoms with Gasteiger partial charge in [-0.25, -0.2) is 0 Å². The number of benzene rings is 1. The molecule has 108 valence electrons. The summed E-state index contributed by atoms with van der Waals surface area (Å²) in [5.74, 6) is -0.137. The largest absolute Gasteiger partial charge is 0.324 e. The molecule has 1 atom stereocenters. The summed E-state index contributed by atoms with van der Waals surface area (Å²) >= 11 is 0. The van der Waals surface area contributed by atoms with E-state index in [0.29, 0.717) is 30.3 Å². The molecule has 1 amide bonds. The quantitative estimate of drug-likeness (QED) is 0.868. The number of hydrogen-bond donors (Lipinski definition) is 1. The highest BCUT2D eigenvalue weighted by atomic mass is 16.2. The number of nitriles is 2. The average molecular weight is 282 g/mol. The fraction of sp³-hybridized carbons (Fsp3) is 0.438. The molecule has 5 nitrogen and oxygen atoms in total. The summed E-state index contributed by atoms with van der Waals surface area (Å²) in [5, 5.41) is 20.6. The van der Waals surface area contributed by atoms with Gasteiger partial charge < -0.3 is 5.32 Å². The van der Waals surface area contributed by atoms with E-state index in [1.54, 1.807) is 24.3 Å². The molecule has 0 saturated heterocycles. The lowest BCUT2D eigenvalue weighted by molar-refractivity contribution is -0.121. The van der Waals surface area contributed by atoms with Crippen LogP contribution in [0.5, 0.6) is 0 Å². The van der Waals surface area contributed by atoms with Crippen LogP contribution in [0.3, 0.4) is 0 Å². The number of para-hydroxylation sites is 1. The zero-order valence-corrected chi connectivity index (χ0v) is 12.0. The van der Waals surface area contributed by atoms with E-state index in [1.807, 2.05) is 6.92 Å². The molecule has 1 aliphatic carbocycles. The number of nitrogens with zero attached hydrogens (tertiary/aromatic N) is 3. The molecule has 2 rings (SSSR count). The monoisotopic (exact) mass is 282 g/mol. The van der Waals surface area contributed by atoms with Crippen molar-refractivity contribution >= 4 is 11.6 Å². The molecule has 1 aliphatic rings. The molecule has 1 unspecified atom stereocenters. The molecule has 5 heteroatoms. The molecule has 1 aromatic rings.